The summed E-state index contributed by atoms with van der Waals surface area (Å²) in [7, 11) is 1.23. The maximum Gasteiger partial charge on any atom is 0.435 e. The van der Waals surface area contributed by atoms with Crippen LogP contribution in [0.15, 0.2) is 24.3 Å². The van der Waals surface area contributed by atoms with E-state index in [4.69, 9.17) is 4.74 Å². The van der Waals surface area contributed by atoms with Gasteiger partial charge in [-0.2, -0.15) is 31.4 Å². The number of aliphatic hydroxyl groups is 1. The lowest BCUT2D eigenvalue weighted by atomic mass is 9.75. The Morgan fingerprint density at radius 2 is 1.88 bits per heavy atom. The predicted molar refractivity (Wildman–Crippen MR) is 93.8 cm³/mol. The molecule has 2 aliphatic rings. The molecule has 0 saturated carbocycles. The molecule has 1 aromatic heterocycles. The van der Waals surface area contributed by atoms with Gasteiger partial charge in [0.2, 0.25) is 5.91 Å². The van der Waals surface area contributed by atoms with Gasteiger partial charge in [-0.15, -0.1) is 0 Å². The van der Waals surface area contributed by atoms with Crippen molar-refractivity contribution in [3.8, 4) is 0 Å². The van der Waals surface area contributed by atoms with Crippen LogP contribution in [0.3, 0.4) is 0 Å². The number of aliphatic hydroxyl groups excluding tert-OH is 1. The normalized spacial score (nSPS) is 27.7. The topological polar surface area (TPSA) is 76.4 Å². The largest absolute Gasteiger partial charge is 0.435 e. The quantitative estimate of drug-likeness (QED) is 0.679. The fourth-order valence-electron chi connectivity index (χ4n) is 4.34. The summed E-state index contributed by atoms with van der Waals surface area (Å²) in [6, 6.07) is 2.22. The van der Waals surface area contributed by atoms with Gasteiger partial charge in [0.15, 0.2) is 5.69 Å². The minimum atomic E-state index is -4.78. The van der Waals surface area contributed by atoms with Crippen molar-refractivity contribution >= 4 is 11.6 Å². The molecule has 0 radical (unpaired) electrons. The molecule has 1 aromatic carbocycles. The van der Waals surface area contributed by atoms with Crippen molar-refractivity contribution in [2.75, 3.05) is 5.32 Å². The zero-order valence-electron chi connectivity index (χ0n) is 16.2. The molecular weight excluding hydrogens is 451 g/mol. The molecule has 0 unspecified atom stereocenters. The number of aryl methyl sites for hydroxylation is 1. The minimum Gasteiger partial charge on any atom is -0.390 e. The lowest BCUT2D eigenvalue weighted by molar-refractivity contribution is -0.141. The van der Waals surface area contributed by atoms with E-state index in [9.17, 15) is 40.6 Å². The molecule has 6 nitrogen and oxygen atoms in total. The number of halogens is 7. The van der Waals surface area contributed by atoms with Crippen LogP contribution in [-0.4, -0.2) is 39.1 Å². The predicted octanol–water partition coefficient (Wildman–Crippen LogP) is 3.47. The number of alkyl halides is 6. The third-order valence-corrected chi connectivity index (χ3v) is 5.73. The smallest absolute Gasteiger partial charge is 0.390 e. The number of nitrogens with zero attached hydrogens (tertiary/aromatic N) is 2. The molecular formula is C19H16F7N3O3. The highest BCUT2D eigenvalue weighted by molar-refractivity contribution is 5.94. The first-order valence-corrected chi connectivity index (χ1v) is 9.39. The number of hydrogen-bond acceptors (Lipinski definition) is 4. The van der Waals surface area contributed by atoms with E-state index in [1.165, 1.54) is 7.05 Å². The first-order valence-electron chi connectivity index (χ1n) is 9.39. The molecule has 3 heterocycles. The van der Waals surface area contributed by atoms with E-state index in [1.807, 2.05) is 0 Å². The van der Waals surface area contributed by atoms with Crippen molar-refractivity contribution in [2.45, 2.75) is 43.0 Å². The first-order chi connectivity index (χ1) is 14.8. The van der Waals surface area contributed by atoms with Gasteiger partial charge in [0, 0.05) is 25.1 Å². The Hall–Kier alpha value is -2.67. The Morgan fingerprint density at radius 3 is 2.47 bits per heavy atom. The van der Waals surface area contributed by atoms with Crippen LogP contribution < -0.4 is 5.32 Å². The number of aromatic nitrogens is 2. The molecule has 2 aromatic rings. The highest BCUT2D eigenvalue weighted by atomic mass is 19.4. The van der Waals surface area contributed by atoms with E-state index in [0.717, 1.165) is 10.7 Å². The monoisotopic (exact) mass is 467 g/mol. The van der Waals surface area contributed by atoms with Crippen LogP contribution >= 0.6 is 0 Å². The molecule has 1 amide bonds. The lowest BCUT2D eigenvalue weighted by Gasteiger charge is -2.29. The molecule has 5 atom stereocenters. The highest BCUT2D eigenvalue weighted by Crippen LogP contribution is 2.50. The number of carbonyl (C=O) groups excluding carboxylic acids is 1. The van der Waals surface area contributed by atoms with Crippen molar-refractivity contribution in [3.63, 3.8) is 0 Å². The standard InChI is InChI=1S/C19H16F7N3O3/c1-29-10(5-13(28-29)19(24,25)26)14-15(12-6-11(30)16(14)32-12)17(31)27-9-4-7(18(21,22)23)2-3-8(9)20/h2-5,11-12,14-16,30H,6H2,1H3,(H,27,31)/t11-,12+,14+,15-,16-/m0/s1. The van der Waals surface area contributed by atoms with E-state index in [2.05, 4.69) is 10.4 Å². The van der Waals surface area contributed by atoms with E-state index in [1.54, 1.807) is 0 Å². The van der Waals surface area contributed by atoms with Crippen LogP contribution in [0.4, 0.5) is 36.4 Å². The van der Waals surface area contributed by atoms with E-state index < -0.39 is 71.2 Å². The van der Waals surface area contributed by atoms with Crippen LogP contribution in [0, 0.1) is 11.7 Å². The number of benzene rings is 1. The van der Waals surface area contributed by atoms with Crippen molar-refractivity contribution in [2.24, 2.45) is 13.0 Å². The van der Waals surface area contributed by atoms with Gasteiger partial charge in [0.1, 0.15) is 5.82 Å². The van der Waals surface area contributed by atoms with E-state index >= 15 is 0 Å². The Balaban J connectivity index is 1.67. The van der Waals surface area contributed by atoms with Crippen LogP contribution in [0.5, 0.6) is 0 Å². The maximum absolute atomic E-state index is 14.1. The summed E-state index contributed by atoms with van der Waals surface area (Å²) in [4.78, 5) is 13.0. The van der Waals surface area contributed by atoms with Crippen LogP contribution in [-0.2, 0) is 28.9 Å². The SMILES string of the molecule is Cn1nc(C(F)(F)F)cc1[C@H]1[C@H]2O[C@H](C[C@@H]2O)[C@@H]1C(=O)Nc1cc(C(F)(F)F)ccc1F. The molecule has 174 valence electrons. The second-order valence-corrected chi connectivity index (χ2v) is 7.75. The average Bonchev–Trinajstić information content (AvgIpc) is 3.33. The van der Waals surface area contributed by atoms with Gasteiger partial charge in [-0.25, -0.2) is 4.39 Å². The number of fused-ring (bicyclic) bond motifs is 2. The van der Waals surface area contributed by atoms with Gasteiger partial charge in [0.25, 0.3) is 0 Å². The number of nitrogens with one attached hydrogen (secondary N) is 1. The number of amides is 1. The fraction of sp³-hybridized carbons (Fsp3) is 0.474. The van der Waals surface area contributed by atoms with Crippen molar-refractivity contribution in [1.82, 2.24) is 9.78 Å². The number of anilines is 1. The van der Waals surface area contributed by atoms with Crippen LogP contribution in [0.25, 0.3) is 0 Å². The molecule has 0 aliphatic carbocycles. The molecule has 2 fully saturated rings. The molecule has 4 rings (SSSR count). The van der Waals surface area contributed by atoms with Crippen molar-refractivity contribution < 1.29 is 45.4 Å². The Morgan fingerprint density at radius 1 is 1.19 bits per heavy atom. The third-order valence-electron chi connectivity index (χ3n) is 5.73. The van der Waals surface area contributed by atoms with Gasteiger partial charge in [0.05, 0.1) is 35.5 Å². The van der Waals surface area contributed by atoms with Crippen LogP contribution in [0.1, 0.15) is 29.3 Å². The fourth-order valence-corrected chi connectivity index (χ4v) is 4.34. The van der Waals surface area contributed by atoms with E-state index in [-0.39, 0.29) is 12.1 Å². The van der Waals surface area contributed by atoms with Gasteiger partial charge >= 0.3 is 12.4 Å². The number of hydrogen-bond donors (Lipinski definition) is 2. The summed E-state index contributed by atoms with van der Waals surface area (Å²) in [6.07, 6.45) is -12.6. The minimum absolute atomic E-state index is 0.00565. The highest BCUT2D eigenvalue weighted by Gasteiger charge is 2.58. The molecule has 2 N–H and O–H groups in total. The summed E-state index contributed by atoms with van der Waals surface area (Å²) >= 11 is 0. The van der Waals surface area contributed by atoms with E-state index in [0.29, 0.717) is 18.2 Å². The summed E-state index contributed by atoms with van der Waals surface area (Å²) in [5.41, 5.74) is -3.18. The molecule has 32 heavy (non-hydrogen) atoms. The molecule has 2 bridgehead atoms. The maximum atomic E-state index is 14.1. The lowest BCUT2D eigenvalue weighted by Crippen LogP contribution is -2.41. The summed E-state index contributed by atoms with van der Waals surface area (Å²) in [6.45, 7) is 0. The van der Waals surface area contributed by atoms with Gasteiger partial charge in [-0.05, 0) is 24.3 Å². The zero-order valence-corrected chi connectivity index (χ0v) is 16.2. The van der Waals surface area contributed by atoms with Gasteiger partial charge in [-0.3, -0.25) is 9.48 Å². The molecule has 13 heteroatoms. The number of rotatable bonds is 3. The molecule has 2 aliphatic heterocycles. The number of carbonyl (C=O) groups is 1. The van der Waals surface area contributed by atoms with Crippen molar-refractivity contribution in [1.29, 1.82) is 0 Å². The average molecular weight is 467 g/mol. The second kappa shape index (κ2) is 7.44. The summed E-state index contributed by atoms with van der Waals surface area (Å²) in [5.74, 6) is -4.32. The second-order valence-electron chi connectivity index (χ2n) is 7.75. The Labute approximate surface area is 176 Å². The number of ether oxygens (including phenoxy) is 1. The molecule has 0 spiro atoms. The van der Waals surface area contributed by atoms with Crippen molar-refractivity contribution in [3.05, 3.63) is 47.0 Å². The van der Waals surface area contributed by atoms with Crippen LogP contribution in [0.2, 0.25) is 0 Å². The molecule has 2 saturated heterocycles. The Bertz CT molecular complexity index is 1050. The summed E-state index contributed by atoms with van der Waals surface area (Å²) in [5, 5.41) is 15.7. The zero-order chi connectivity index (χ0) is 23.6. The first kappa shape index (κ1) is 22.5. The summed E-state index contributed by atoms with van der Waals surface area (Å²) < 4.78 is 98.7. The third kappa shape index (κ3) is 3.83. The van der Waals surface area contributed by atoms with Gasteiger partial charge in [-0.1, -0.05) is 0 Å². The Kier molecular flexibility index (Phi) is 5.24. The van der Waals surface area contributed by atoms with Gasteiger partial charge < -0.3 is 15.2 Å².